The molecule has 1 fully saturated rings. The fourth-order valence-corrected chi connectivity index (χ4v) is 2.43. The van der Waals surface area contributed by atoms with Crippen molar-refractivity contribution in [2.24, 2.45) is 5.92 Å². The van der Waals surface area contributed by atoms with Gasteiger partial charge in [-0.15, -0.1) is 0 Å². The summed E-state index contributed by atoms with van der Waals surface area (Å²) in [6, 6.07) is 6.18. The van der Waals surface area contributed by atoms with Gasteiger partial charge < -0.3 is 4.74 Å². The van der Waals surface area contributed by atoms with Crippen molar-refractivity contribution in [1.29, 1.82) is 0 Å². The van der Waals surface area contributed by atoms with Crippen molar-refractivity contribution in [2.75, 3.05) is 0 Å². The van der Waals surface area contributed by atoms with Crippen molar-refractivity contribution in [1.82, 2.24) is 0 Å². The molecule has 2 unspecified atom stereocenters. The standard InChI is InChI=1S/C16H19FO3/c1-11(9-12-5-4-6-13(17)10-12)16(19)20-15-8-3-2-7-14(15)18/h4-6,10-11,15H,2-3,7-9H2,1H3. The first-order valence-electron chi connectivity index (χ1n) is 7.04. The average molecular weight is 278 g/mol. The molecule has 1 aliphatic carbocycles. The van der Waals surface area contributed by atoms with Gasteiger partial charge in [-0.05, 0) is 43.4 Å². The second-order valence-electron chi connectivity index (χ2n) is 5.37. The minimum atomic E-state index is -0.578. The molecular weight excluding hydrogens is 259 g/mol. The molecule has 0 saturated heterocycles. The van der Waals surface area contributed by atoms with E-state index < -0.39 is 6.10 Å². The second kappa shape index (κ2) is 6.64. The maximum Gasteiger partial charge on any atom is 0.309 e. The summed E-state index contributed by atoms with van der Waals surface area (Å²) >= 11 is 0. The van der Waals surface area contributed by atoms with Gasteiger partial charge in [-0.25, -0.2) is 4.39 Å². The normalized spacial score (nSPS) is 20.5. The molecule has 4 heteroatoms. The predicted octanol–water partition coefficient (Wildman–Crippen LogP) is 3.06. The fourth-order valence-electron chi connectivity index (χ4n) is 2.43. The minimum Gasteiger partial charge on any atom is -0.454 e. The van der Waals surface area contributed by atoms with Crippen molar-refractivity contribution in [3.63, 3.8) is 0 Å². The van der Waals surface area contributed by atoms with Gasteiger partial charge in [-0.1, -0.05) is 19.1 Å². The molecule has 3 nitrogen and oxygen atoms in total. The van der Waals surface area contributed by atoms with Crippen LogP contribution in [0, 0.1) is 11.7 Å². The molecule has 0 bridgehead atoms. The second-order valence-corrected chi connectivity index (χ2v) is 5.37. The Labute approximate surface area is 118 Å². The highest BCUT2D eigenvalue weighted by Crippen LogP contribution is 2.19. The number of carbonyl (C=O) groups excluding carboxylic acids is 2. The first-order valence-corrected chi connectivity index (χ1v) is 7.04. The number of carbonyl (C=O) groups is 2. The number of hydrogen-bond acceptors (Lipinski definition) is 3. The molecule has 2 atom stereocenters. The fraction of sp³-hybridized carbons (Fsp3) is 0.500. The number of ketones is 1. The Balaban J connectivity index is 1.90. The van der Waals surface area contributed by atoms with Crippen molar-refractivity contribution < 1.29 is 18.7 Å². The zero-order chi connectivity index (χ0) is 14.5. The summed E-state index contributed by atoms with van der Waals surface area (Å²) in [6.45, 7) is 1.74. The van der Waals surface area contributed by atoms with Crippen molar-refractivity contribution in [3.05, 3.63) is 35.6 Å². The Kier molecular flexibility index (Phi) is 4.88. The van der Waals surface area contributed by atoms with Crippen LogP contribution in [0.5, 0.6) is 0 Å². The van der Waals surface area contributed by atoms with E-state index in [1.165, 1.54) is 12.1 Å². The summed E-state index contributed by atoms with van der Waals surface area (Å²) in [4.78, 5) is 23.6. The number of hydrogen-bond donors (Lipinski definition) is 0. The van der Waals surface area contributed by atoms with Gasteiger partial charge >= 0.3 is 5.97 Å². The highest BCUT2D eigenvalue weighted by Gasteiger charge is 2.27. The van der Waals surface area contributed by atoms with E-state index in [4.69, 9.17) is 4.74 Å². The molecule has 0 spiro atoms. The van der Waals surface area contributed by atoms with Crippen LogP contribution in [0.15, 0.2) is 24.3 Å². The largest absolute Gasteiger partial charge is 0.454 e. The predicted molar refractivity (Wildman–Crippen MR) is 72.6 cm³/mol. The number of benzene rings is 1. The molecule has 1 saturated carbocycles. The van der Waals surface area contributed by atoms with Crippen LogP contribution in [-0.4, -0.2) is 17.9 Å². The number of rotatable bonds is 4. The Morgan fingerprint density at radius 3 is 2.95 bits per heavy atom. The maximum absolute atomic E-state index is 13.1. The Morgan fingerprint density at radius 2 is 2.25 bits per heavy atom. The SMILES string of the molecule is CC(Cc1cccc(F)c1)C(=O)OC1CCCCC1=O. The molecule has 0 aromatic heterocycles. The van der Waals surface area contributed by atoms with Crippen molar-refractivity contribution in [3.8, 4) is 0 Å². The monoisotopic (exact) mass is 278 g/mol. The molecule has 1 aromatic rings. The molecule has 20 heavy (non-hydrogen) atoms. The average Bonchev–Trinajstić information content (AvgIpc) is 2.41. The first kappa shape index (κ1) is 14.7. The van der Waals surface area contributed by atoms with Gasteiger partial charge in [-0.2, -0.15) is 0 Å². The summed E-state index contributed by atoms with van der Waals surface area (Å²) in [6.07, 6.45) is 2.75. The Morgan fingerprint density at radius 1 is 1.45 bits per heavy atom. The maximum atomic E-state index is 13.1. The van der Waals surface area contributed by atoms with Crippen LogP contribution < -0.4 is 0 Å². The number of Topliss-reactive ketones (excluding diaryl/α,β-unsaturated/α-hetero) is 1. The highest BCUT2D eigenvalue weighted by molar-refractivity contribution is 5.86. The Bertz CT molecular complexity index is 498. The lowest BCUT2D eigenvalue weighted by Gasteiger charge is -2.22. The first-order chi connectivity index (χ1) is 9.56. The van der Waals surface area contributed by atoms with E-state index in [2.05, 4.69) is 0 Å². The molecule has 0 radical (unpaired) electrons. The van der Waals surface area contributed by atoms with E-state index in [1.807, 2.05) is 0 Å². The van der Waals surface area contributed by atoms with E-state index >= 15 is 0 Å². The number of halogens is 1. The molecule has 2 rings (SSSR count). The van der Waals surface area contributed by atoms with Crippen LogP contribution in [-0.2, 0) is 20.7 Å². The lowest BCUT2D eigenvalue weighted by Crippen LogP contribution is -2.32. The molecule has 1 aliphatic rings. The zero-order valence-corrected chi connectivity index (χ0v) is 11.6. The molecule has 0 heterocycles. The van der Waals surface area contributed by atoms with Crippen LogP contribution in [0.2, 0.25) is 0 Å². The lowest BCUT2D eigenvalue weighted by atomic mass is 9.96. The lowest BCUT2D eigenvalue weighted by molar-refractivity contribution is -0.160. The molecule has 0 N–H and O–H groups in total. The van der Waals surface area contributed by atoms with Gasteiger partial charge in [0.2, 0.25) is 0 Å². The van der Waals surface area contributed by atoms with Gasteiger partial charge in [0.15, 0.2) is 11.9 Å². The minimum absolute atomic E-state index is 0.0163. The molecular formula is C16H19FO3. The van der Waals surface area contributed by atoms with E-state index in [0.29, 0.717) is 19.3 Å². The molecule has 108 valence electrons. The van der Waals surface area contributed by atoms with Gasteiger partial charge in [0, 0.05) is 6.42 Å². The number of ether oxygens (including phenoxy) is 1. The zero-order valence-electron chi connectivity index (χ0n) is 11.6. The molecule has 1 aromatic carbocycles. The van der Waals surface area contributed by atoms with Crippen LogP contribution in [0.25, 0.3) is 0 Å². The van der Waals surface area contributed by atoms with Gasteiger partial charge in [0.1, 0.15) is 5.82 Å². The van der Waals surface area contributed by atoms with Crippen LogP contribution in [0.1, 0.15) is 38.2 Å². The van der Waals surface area contributed by atoms with E-state index in [1.54, 1.807) is 19.1 Å². The highest BCUT2D eigenvalue weighted by atomic mass is 19.1. The quantitative estimate of drug-likeness (QED) is 0.795. The third-order valence-electron chi connectivity index (χ3n) is 3.59. The summed E-state index contributed by atoms with van der Waals surface area (Å²) in [5, 5.41) is 0. The third-order valence-corrected chi connectivity index (χ3v) is 3.59. The summed E-state index contributed by atoms with van der Waals surface area (Å²) in [5.41, 5.74) is 0.754. The summed E-state index contributed by atoms with van der Waals surface area (Å²) in [7, 11) is 0. The third kappa shape index (κ3) is 3.89. The number of esters is 1. The Hall–Kier alpha value is -1.71. The van der Waals surface area contributed by atoms with Crippen molar-refractivity contribution >= 4 is 11.8 Å². The topological polar surface area (TPSA) is 43.4 Å². The van der Waals surface area contributed by atoms with Gasteiger partial charge in [-0.3, -0.25) is 9.59 Å². The van der Waals surface area contributed by atoms with E-state index in [-0.39, 0.29) is 23.5 Å². The molecule has 0 aliphatic heterocycles. The van der Waals surface area contributed by atoms with Crippen molar-refractivity contribution in [2.45, 2.75) is 45.1 Å². The van der Waals surface area contributed by atoms with Crippen LogP contribution in [0.4, 0.5) is 4.39 Å². The molecule has 0 amide bonds. The van der Waals surface area contributed by atoms with Crippen LogP contribution in [0.3, 0.4) is 0 Å². The van der Waals surface area contributed by atoms with Gasteiger partial charge in [0.05, 0.1) is 5.92 Å². The summed E-state index contributed by atoms with van der Waals surface area (Å²) in [5.74, 6) is -1.06. The van der Waals surface area contributed by atoms with Crippen LogP contribution >= 0.6 is 0 Å². The summed E-state index contributed by atoms with van der Waals surface area (Å²) < 4.78 is 18.4. The van der Waals surface area contributed by atoms with Gasteiger partial charge in [0.25, 0.3) is 0 Å². The van der Waals surface area contributed by atoms with E-state index in [0.717, 1.165) is 18.4 Å². The smallest absolute Gasteiger partial charge is 0.309 e. The van der Waals surface area contributed by atoms with E-state index in [9.17, 15) is 14.0 Å².